The van der Waals surface area contributed by atoms with E-state index >= 15 is 0 Å². The summed E-state index contributed by atoms with van der Waals surface area (Å²) in [5, 5.41) is 15.1. The second-order valence-electron chi connectivity index (χ2n) is 5.00. The zero-order chi connectivity index (χ0) is 13.6. The number of carbonyl (C=O) groups is 2. The number of fused-ring (bicyclic) bond motifs is 2. The minimum Gasteiger partial charge on any atom is -0.481 e. The highest BCUT2D eigenvalue weighted by molar-refractivity contribution is 5.93. The van der Waals surface area contributed by atoms with E-state index in [-0.39, 0.29) is 29.2 Å². The van der Waals surface area contributed by atoms with Crippen LogP contribution in [0.15, 0.2) is 16.9 Å². The van der Waals surface area contributed by atoms with Gasteiger partial charge in [0.25, 0.3) is 11.5 Å². The summed E-state index contributed by atoms with van der Waals surface area (Å²) in [5.41, 5.74) is -0.216. The first kappa shape index (κ1) is 11.9. The van der Waals surface area contributed by atoms with Gasteiger partial charge in [-0.3, -0.25) is 14.4 Å². The molecule has 0 radical (unpaired) electrons. The largest absolute Gasteiger partial charge is 0.481 e. The average Bonchev–Trinajstić information content (AvgIpc) is 2.96. The van der Waals surface area contributed by atoms with Crippen LogP contribution in [0.25, 0.3) is 0 Å². The summed E-state index contributed by atoms with van der Waals surface area (Å²) in [6.45, 7) is 0. The van der Waals surface area contributed by atoms with Gasteiger partial charge in [0.2, 0.25) is 0 Å². The Labute approximate surface area is 108 Å². The monoisotopic (exact) mass is 263 g/mol. The van der Waals surface area contributed by atoms with Crippen LogP contribution in [0.2, 0.25) is 0 Å². The van der Waals surface area contributed by atoms with Crippen LogP contribution in [0, 0.1) is 5.92 Å². The maximum Gasteiger partial charge on any atom is 0.308 e. The van der Waals surface area contributed by atoms with Gasteiger partial charge in [-0.1, -0.05) is 0 Å². The normalized spacial score (nSPS) is 28.6. The van der Waals surface area contributed by atoms with E-state index in [1.807, 2.05) is 0 Å². The lowest BCUT2D eigenvalue weighted by atomic mass is 9.89. The molecule has 3 unspecified atom stereocenters. The highest BCUT2D eigenvalue weighted by Crippen LogP contribution is 2.42. The zero-order valence-corrected chi connectivity index (χ0v) is 10.1. The van der Waals surface area contributed by atoms with Crippen LogP contribution >= 0.6 is 0 Å². The van der Waals surface area contributed by atoms with Gasteiger partial charge in [-0.25, -0.2) is 5.10 Å². The minimum atomic E-state index is -0.848. The van der Waals surface area contributed by atoms with Crippen molar-refractivity contribution in [3.05, 3.63) is 28.2 Å². The molecule has 0 aromatic carbocycles. The number of hydrogen-bond donors (Lipinski definition) is 2. The van der Waals surface area contributed by atoms with Crippen molar-refractivity contribution in [3.8, 4) is 0 Å². The molecule has 2 aliphatic heterocycles. The Morgan fingerprint density at radius 3 is 2.74 bits per heavy atom. The predicted molar refractivity (Wildman–Crippen MR) is 63.6 cm³/mol. The molecule has 2 fully saturated rings. The number of aromatic amines is 1. The van der Waals surface area contributed by atoms with Crippen LogP contribution in [0.3, 0.4) is 0 Å². The molecular weight excluding hydrogens is 250 g/mol. The number of amides is 1. The van der Waals surface area contributed by atoms with Crippen LogP contribution < -0.4 is 5.56 Å². The molecule has 19 heavy (non-hydrogen) atoms. The summed E-state index contributed by atoms with van der Waals surface area (Å²) in [6, 6.07) is 2.35. The van der Waals surface area contributed by atoms with E-state index in [0.717, 1.165) is 12.8 Å². The summed E-state index contributed by atoms with van der Waals surface area (Å²) >= 11 is 0. The summed E-state index contributed by atoms with van der Waals surface area (Å²) < 4.78 is 0. The molecule has 2 saturated heterocycles. The maximum absolute atomic E-state index is 12.3. The molecule has 2 bridgehead atoms. The molecule has 0 saturated carbocycles. The second-order valence-corrected chi connectivity index (χ2v) is 5.00. The molecule has 0 spiro atoms. The lowest BCUT2D eigenvalue weighted by Gasteiger charge is -2.22. The molecule has 7 heteroatoms. The molecule has 7 nitrogen and oxygen atoms in total. The van der Waals surface area contributed by atoms with Crippen molar-refractivity contribution in [1.29, 1.82) is 0 Å². The summed E-state index contributed by atoms with van der Waals surface area (Å²) in [4.78, 5) is 36.0. The third-order valence-electron chi connectivity index (χ3n) is 3.99. The van der Waals surface area contributed by atoms with Gasteiger partial charge in [-0.15, -0.1) is 0 Å². The van der Waals surface area contributed by atoms with Crippen LogP contribution in [0.1, 0.15) is 29.8 Å². The molecule has 3 rings (SSSR count). The Morgan fingerprint density at radius 2 is 2.16 bits per heavy atom. The number of carbonyl (C=O) groups excluding carboxylic acids is 1. The molecule has 2 N–H and O–H groups in total. The number of H-pyrrole nitrogens is 1. The van der Waals surface area contributed by atoms with Gasteiger partial charge < -0.3 is 10.0 Å². The number of rotatable bonds is 2. The minimum absolute atomic E-state index is 0.0210. The van der Waals surface area contributed by atoms with Crippen molar-refractivity contribution in [3.63, 3.8) is 0 Å². The molecule has 1 amide bonds. The Bertz CT molecular complexity index is 576. The van der Waals surface area contributed by atoms with Crippen LogP contribution in [-0.4, -0.2) is 44.2 Å². The Hall–Kier alpha value is -2.18. The Kier molecular flexibility index (Phi) is 2.62. The number of nitrogens with zero attached hydrogens (tertiary/aromatic N) is 2. The second kappa shape index (κ2) is 4.18. The fourth-order valence-corrected chi connectivity index (χ4v) is 3.17. The summed E-state index contributed by atoms with van der Waals surface area (Å²) in [5.74, 6) is -1.63. The third-order valence-corrected chi connectivity index (χ3v) is 3.99. The van der Waals surface area contributed by atoms with Gasteiger partial charge in [0, 0.05) is 18.2 Å². The number of nitrogens with one attached hydrogen (secondary N) is 1. The zero-order valence-electron chi connectivity index (χ0n) is 10.1. The van der Waals surface area contributed by atoms with Crippen LogP contribution in [-0.2, 0) is 4.79 Å². The lowest BCUT2D eigenvalue weighted by molar-refractivity contribution is -0.142. The van der Waals surface area contributed by atoms with Gasteiger partial charge in [-0.2, -0.15) is 5.10 Å². The van der Waals surface area contributed by atoms with Crippen LogP contribution in [0.5, 0.6) is 0 Å². The van der Waals surface area contributed by atoms with E-state index in [4.69, 9.17) is 5.11 Å². The topological polar surface area (TPSA) is 103 Å². The van der Waals surface area contributed by atoms with Crippen LogP contribution in [0.4, 0.5) is 0 Å². The molecule has 3 atom stereocenters. The number of carboxylic acids is 1. The van der Waals surface area contributed by atoms with E-state index in [2.05, 4.69) is 10.2 Å². The average molecular weight is 263 g/mol. The van der Waals surface area contributed by atoms with Crippen molar-refractivity contribution in [2.45, 2.75) is 31.3 Å². The van der Waals surface area contributed by atoms with Gasteiger partial charge in [-0.05, 0) is 25.3 Å². The van der Waals surface area contributed by atoms with Crippen molar-refractivity contribution in [1.82, 2.24) is 15.1 Å². The molecule has 1 aromatic heterocycles. The van der Waals surface area contributed by atoms with E-state index < -0.39 is 11.9 Å². The molecular formula is C12H13N3O4. The van der Waals surface area contributed by atoms with Gasteiger partial charge in [0.05, 0.1) is 5.92 Å². The van der Waals surface area contributed by atoms with Crippen molar-refractivity contribution >= 4 is 11.9 Å². The Morgan fingerprint density at radius 1 is 1.37 bits per heavy atom. The number of aromatic nitrogens is 2. The Balaban J connectivity index is 1.87. The lowest BCUT2D eigenvalue weighted by Crippen LogP contribution is -2.38. The molecule has 2 aliphatic rings. The molecule has 0 aliphatic carbocycles. The summed E-state index contributed by atoms with van der Waals surface area (Å²) in [7, 11) is 0. The number of aliphatic carboxylic acids is 1. The molecule has 3 heterocycles. The van der Waals surface area contributed by atoms with Crippen molar-refractivity contribution in [2.24, 2.45) is 5.92 Å². The smallest absolute Gasteiger partial charge is 0.308 e. The predicted octanol–water partition coefficient (Wildman–Crippen LogP) is -0.152. The van der Waals surface area contributed by atoms with Gasteiger partial charge >= 0.3 is 5.97 Å². The summed E-state index contributed by atoms with van der Waals surface area (Å²) in [6.07, 6.45) is 2.06. The number of carboxylic acid groups (broad SMARTS) is 1. The first-order chi connectivity index (χ1) is 9.08. The molecule has 1 aromatic rings. The standard InChI is InChI=1S/C12H13N3O4/c16-10-4-2-8(13-14-10)11(17)15-6-1-3-9(15)7(5-6)12(18)19/h2,4,6-7,9H,1,3,5H2,(H,14,16)(H,18,19). The van der Waals surface area contributed by atoms with E-state index in [0.29, 0.717) is 6.42 Å². The number of hydrogen-bond acceptors (Lipinski definition) is 4. The SMILES string of the molecule is O=C(O)C1CC2CCC1N2C(=O)c1ccc(=O)[nH]n1. The van der Waals surface area contributed by atoms with E-state index in [9.17, 15) is 14.4 Å². The van der Waals surface area contributed by atoms with Gasteiger partial charge in [0.1, 0.15) is 5.69 Å². The fourth-order valence-electron chi connectivity index (χ4n) is 3.17. The first-order valence-corrected chi connectivity index (χ1v) is 6.19. The first-order valence-electron chi connectivity index (χ1n) is 6.19. The quantitative estimate of drug-likeness (QED) is 0.772. The maximum atomic E-state index is 12.3. The van der Waals surface area contributed by atoms with E-state index in [1.54, 1.807) is 4.90 Å². The van der Waals surface area contributed by atoms with Gasteiger partial charge in [0.15, 0.2) is 0 Å². The van der Waals surface area contributed by atoms with Crippen molar-refractivity contribution in [2.75, 3.05) is 0 Å². The highest BCUT2D eigenvalue weighted by atomic mass is 16.4. The highest BCUT2D eigenvalue weighted by Gasteiger charge is 2.51. The fraction of sp³-hybridized carbons (Fsp3) is 0.500. The third kappa shape index (κ3) is 1.81. The van der Waals surface area contributed by atoms with Crippen molar-refractivity contribution < 1.29 is 14.7 Å². The van der Waals surface area contributed by atoms with E-state index in [1.165, 1.54) is 12.1 Å². The molecule has 100 valence electrons.